The van der Waals surface area contributed by atoms with Gasteiger partial charge in [0.2, 0.25) is 0 Å². The average Bonchev–Trinajstić information content (AvgIpc) is 3.18. The third-order valence-corrected chi connectivity index (χ3v) is 5.65. The molecule has 1 aliphatic heterocycles. The topological polar surface area (TPSA) is 82.6 Å². The van der Waals surface area contributed by atoms with Gasteiger partial charge in [-0.15, -0.1) is 0 Å². The minimum Gasteiger partial charge on any atom is -0.496 e. The highest BCUT2D eigenvalue weighted by atomic mass is 19.1. The standard InChI is InChI=1S/C24H25FN4O2/c1-4-29-20(15-27)11-12-24(29,21-10-7-18(14-26)13-22(21)31-3)23(30)28(2)16-17-5-8-19(25)9-6-17/h4-10,13,15H,1,11-12,16,27H2,2-3H3/b20-15-. The minimum atomic E-state index is -1.14. The van der Waals surface area contributed by atoms with Crippen molar-refractivity contribution in [2.75, 3.05) is 14.2 Å². The number of carbonyl (C=O) groups excluding carboxylic acids is 1. The van der Waals surface area contributed by atoms with Gasteiger partial charge in [-0.3, -0.25) is 4.79 Å². The van der Waals surface area contributed by atoms with Crippen LogP contribution in [-0.4, -0.2) is 29.9 Å². The van der Waals surface area contributed by atoms with Crippen molar-refractivity contribution in [2.45, 2.75) is 24.9 Å². The number of halogens is 1. The van der Waals surface area contributed by atoms with Gasteiger partial charge in [0.1, 0.15) is 11.6 Å². The Morgan fingerprint density at radius 2 is 2.10 bits per heavy atom. The Balaban J connectivity index is 2.11. The van der Waals surface area contributed by atoms with Crippen molar-refractivity contribution in [1.82, 2.24) is 9.80 Å². The van der Waals surface area contributed by atoms with Crippen LogP contribution in [0.3, 0.4) is 0 Å². The lowest BCUT2D eigenvalue weighted by atomic mass is 9.84. The number of hydrogen-bond donors (Lipinski definition) is 1. The zero-order valence-corrected chi connectivity index (χ0v) is 17.6. The van der Waals surface area contributed by atoms with Gasteiger partial charge in [-0.1, -0.05) is 24.8 Å². The molecule has 0 spiro atoms. The maximum atomic E-state index is 14.0. The van der Waals surface area contributed by atoms with E-state index in [1.807, 2.05) is 0 Å². The van der Waals surface area contributed by atoms with Gasteiger partial charge in [0.25, 0.3) is 5.91 Å². The fourth-order valence-corrected chi connectivity index (χ4v) is 4.18. The lowest BCUT2D eigenvalue weighted by molar-refractivity contribution is -0.141. The van der Waals surface area contributed by atoms with E-state index in [0.717, 1.165) is 11.3 Å². The van der Waals surface area contributed by atoms with Gasteiger partial charge in [-0.05, 0) is 48.9 Å². The van der Waals surface area contributed by atoms with Gasteiger partial charge < -0.3 is 20.3 Å². The fraction of sp³-hybridized carbons (Fsp3) is 0.250. The number of ether oxygens (including phenoxy) is 1. The van der Waals surface area contributed by atoms with E-state index < -0.39 is 5.54 Å². The highest BCUT2D eigenvalue weighted by molar-refractivity contribution is 5.89. The first kappa shape index (κ1) is 21.9. The molecule has 1 fully saturated rings. The highest BCUT2D eigenvalue weighted by Crippen LogP contribution is 2.48. The van der Waals surface area contributed by atoms with Gasteiger partial charge in [-0.2, -0.15) is 5.26 Å². The predicted molar refractivity (Wildman–Crippen MR) is 116 cm³/mol. The molecular weight excluding hydrogens is 395 g/mol. The summed E-state index contributed by atoms with van der Waals surface area (Å²) in [6.45, 7) is 4.21. The normalized spacial score (nSPS) is 19.2. The minimum absolute atomic E-state index is 0.184. The van der Waals surface area contributed by atoms with E-state index in [-0.39, 0.29) is 11.7 Å². The molecule has 1 heterocycles. The van der Waals surface area contributed by atoms with Crippen LogP contribution in [-0.2, 0) is 16.9 Å². The molecule has 1 amide bonds. The molecule has 0 bridgehead atoms. The lowest BCUT2D eigenvalue weighted by Gasteiger charge is -2.40. The molecule has 31 heavy (non-hydrogen) atoms. The van der Waals surface area contributed by atoms with Crippen LogP contribution in [0, 0.1) is 17.1 Å². The van der Waals surface area contributed by atoms with Crippen molar-refractivity contribution in [3.05, 3.63) is 89.6 Å². The van der Waals surface area contributed by atoms with Gasteiger partial charge in [0.15, 0.2) is 5.54 Å². The molecule has 0 radical (unpaired) electrons. The van der Waals surface area contributed by atoms with Crippen LogP contribution in [0.1, 0.15) is 29.5 Å². The van der Waals surface area contributed by atoms with Crippen LogP contribution in [0.5, 0.6) is 5.75 Å². The van der Waals surface area contributed by atoms with Crippen molar-refractivity contribution in [3.63, 3.8) is 0 Å². The van der Waals surface area contributed by atoms with E-state index in [1.54, 1.807) is 53.4 Å². The van der Waals surface area contributed by atoms with Crippen LogP contribution in [0.4, 0.5) is 4.39 Å². The third kappa shape index (κ3) is 3.84. The molecule has 2 aromatic rings. The summed E-state index contributed by atoms with van der Waals surface area (Å²) in [6.07, 6.45) is 4.10. The fourth-order valence-electron chi connectivity index (χ4n) is 4.18. The number of carbonyl (C=O) groups is 1. The maximum absolute atomic E-state index is 14.0. The lowest BCUT2D eigenvalue weighted by Crippen LogP contribution is -2.51. The molecule has 1 aliphatic rings. The Morgan fingerprint density at radius 3 is 2.68 bits per heavy atom. The number of hydrogen-bond acceptors (Lipinski definition) is 5. The number of rotatable bonds is 6. The van der Waals surface area contributed by atoms with E-state index in [4.69, 9.17) is 10.5 Å². The molecule has 1 atom stereocenters. The van der Waals surface area contributed by atoms with Crippen molar-refractivity contribution in [2.24, 2.45) is 5.73 Å². The first-order valence-electron chi connectivity index (χ1n) is 9.82. The number of amides is 1. The highest BCUT2D eigenvalue weighted by Gasteiger charge is 2.52. The molecule has 0 aliphatic carbocycles. The molecule has 0 saturated carbocycles. The largest absolute Gasteiger partial charge is 0.496 e. The van der Waals surface area contributed by atoms with Gasteiger partial charge in [0, 0.05) is 31.1 Å². The van der Waals surface area contributed by atoms with Crippen LogP contribution in [0.15, 0.2) is 67.1 Å². The first-order chi connectivity index (χ1) is 14.9. The van der Waals surface area contributed by atoms with Crippen LogP contribution >= 0.6 is 0 Å². The number of nitrogens with zero attached hydrogens (tertiary/aromatic N) is 3. The summed E-state index contributed by atoms with van der Waals surface area (Å²) in [5, 5.41) is 9.28. The summed E-state index contributed by atoms with van der Waals surface area (Å²) >= 11 is 0. The number of nitriles is 1. The average molecular weight is 420 g/mol. The molecule has 1 unspecified atom stereocenters. The Morgan fingerprint density at radius 1 is 1.39 bits per heavy atom. The number of allylic oxidation sites excluding steroid dienone is 1. The zero-order chi connectivity index (χ0) is 22.6. The van der Waals surface area contributed by atoms with Gasteiger partial charge in [-0.25, -0.2) is 4.39 Å². The van der Waals surface area contributed by atoms with Crippen molar-refractivity contribution < 1.29 is 13.9 Å². The molecule has 160 valence electrons. The first-order valence-corrected chi connectivity index (χ1v) is 9.82. The number of methoxy groups -OCH3 is 1. The van der Waals surface area contributed by atoms with Crippen LogP contribution < -0.4 is 10.5 Å². The summed E-state index contributed by atoms with van der Waals surface area (Å²) in [5.74, 6) is -0.0767. The monoisotopic (exact) mass is 420 g/mol. The second kappa shape index (κ2) is 8.92. The quantitative estimate of drug-likeness (QED) is 0.772. The summed E-state index contributed by atoms with van der Waals surface area (Å²) in [7, 11) is 3.21. The second-order valence-corrected chi connectivity index (χ2v) is 7.39. The van der Waals surface area contributed by atoms with Crippen LogP contribution in [0.25, 0.3) is 0 Å². The third-order valence-electron chi connectivity index (χ3n) is 5.65. The number of benzene rings is 2. The summed E-state index contributed by atoms with van der Waals surface area (Å²) in [4.78, 5) is 17.3. The molecule has 2 aromatic carbocycles. The molecule has 3 rings (SSSR count). The van der Waals surface area contributed by atoms with Gasteiger partial charge in [0.05, 0.1) is 18.7 Å². The molecule has 1 saturated heterocycles. The summed E-state index contributed by atoms with van der Waals surface area (Å²) < 4.78 is 18.9. The Kier molecular flexibility index (Phi) is 6.30. The summed E-state index contributed by atoms with van der Waals surface area (Å²) in [6, 6.07) is 13.2. The molecule has 6 nitrogen and oxygen atoms in total. The molecule has 2 N–H and O–H groups in total. The maximum Gasteiger partial charge on any atom is 0.253 e. The van der Waals surface area contributed by atoms with E-state index in [0.29, 0.717) is 36.3 Å². The van der Waals surface area contributed by atoms with Crippen molar-refractivity contribution >= 4 is 5.91 Å². The Hall–Kier alpha value is -3.79. The van der Waals surface area contributed by atoms with E-state index >= 15 is 0 Å². The van der Waals surface area contributed by atoms with Crippen LogP contribution in [0.2, 0.25) is 0 Å². The zero-order valence-electron chi connectivity index (χ0n) is 17.6. The smallest absolute Gasteiger partial charge is 0.253 e. The van der Waals surface area contributed by atoms with E-state index in [9.17, 15) is 14.4 Å². The molecular formula is C24H25FN4O2. The van der Waals surface area contributed by atoms with E-state index in [1.165, 1.54) is 25.4 Å². The summed E-state index contributed by atoms with van der Waals surface area (Å²) in [5.41, 5.74) is 7.33. The van der Waals surface area contributed by atoms with E-state index in [2.05, 4.69) is 12.6 Å². The Labute approximate surface area is 181 Å². The molecule has 7 heteroatoms. The van der Waals surface area contributed by atoms with Crippen molar-refractivity contribution in [1.29, 1.82) is 5.26 Å². The SMILES string of the molecule is C=CN1/C(=C\N)CCC1(C(=O)N(C)Cc1ccc(F)cc1)c1ccc(C#N)cc1OC. The van der Waals surface area contributed by atoms with Crippen molar-refractivity contribution in [3.8, 4) is 11.8 Å². The molecule has 0 aromatic heterocycles. The number of nitrogens with two attached hydrogens (primary N) is 1. The number of likely N-dealkylation sites (N-methyl/N-ethyl adjacent to an activating group) is 1. The number of likely N-dealkylation sites (tertiary alicyclic amines) is 1. The predicted octanol–water partition coefficient (Wildman–Crippen LogP) is 3.60. The van der Waals surface area contributed by atoms with Gasteiger partial charge >= 0.3 is 0 Å². The second-order valence-electron chi connectivity index (χ2n) is 7.39. The Bertz CT molecular complexity index is 1060.